The van der Waals surface area contributed by atoms with E-state index in [0.717, 1.165) is 18.7 Å². The molecule has 0 bridgehead atoms. The van der Waals surface area contributed by atoms with Crippen molar-refractivity contribution in [1.82, 2.24) is 4.57 Å². The Kier molecular flexibility index (Phi) is 5.03. The van der Waals surface area contributed by atoms with Gasteiger partial charge in [0.05, 0.1) is 11.5 Å². The van der Waals surface area contributed by atoms with Crippen LogP contribution in [0.2, 0.25) is 0 Å². The van der Waals surface area contributed by atoms with Crippen LogP contribution in [0.4, 0.5) is 5.69 Å². The molecule has 2 aromatic rings. The third-order valence-electron chi connectivity index (χ3n) is 2.53. The molecule has 0 aliphatic heterocycles. The van der Waals surface area contributed by atoms with Crippen molar-refractivity contribution in [3.63, 3.8) is 0 Å². The first kappa shape index (κ1) is 14.4. The maximum atomic E-state index is 10.5. The maximum absolute atomic E-state index is 10.5. The average molecular weight is 312 g/mol. The highest BCUT2D eigenvalue weighted by Crippen LogP contribution is 2.14. The smallest absolute Gasteiger partial charge is 0.269 e. The van der Waals surface area contributed by atoms with Crippen LogP contribution in [0, 0.1) is 10.1 Å². The monoisotopic (exact) mass is 311 g/mol. The lowest BCUT2D eigenvalue weighted by molar-refractivity contribution is -0.696. The predicted octanol–water partition coefficient (Wildman–Crippen LogP) is -0.913. The van der Waals surface area contributed by atoms with Gasteiger partial charge in [-0.3, -0.25) is 10.1 Å². The molecule has 1 aromatic carbocycles. The molecular formula is C12H14BrN3O2. The number of rotatable bonds is 4. The summed E-state index contributed by atoms with van der Waals surface area (Å²) in [6, 6.07) is 6.52. The van der Waals surface area contributed by atoms with Crippen molar-refractivity contribution in [3.8, 4) is 5.69 Å². The molecule has 0 N–H and O–H groups in total. The molecule has 2 rings (SSSR count). The molecule has 0 atom stereocenters. The van der Waals surface area contributed by atoms with Gasteiger partial charge in [0.1, 0.15) is 18.1 Å². The normalized spacial score (nSPS) is 9.83. The third-order valence-corrected chi connectivity index (χ3v) is 2.53. The van der Waals surface area contributed by atoms with Crippen LogP contribution >= 0.6 is 0 Å². The molecule has 1 heterocycles. The van der Waals surface area contributed by atoms with Gasteiger partial charge in [-0.1, -0.05) is 6.92 Å². The number of imidazole rings is 1. The zero-order chi connectivity index (χ0) is 12.3. The Balaban J connectivity index is 0.00000162. The Morgan fingerprint density at radius 1 is 1.33 bits per heavy atom. The van der Waals surface area contributed by atoms with Crippen molar-refractivity contribution < 1.29 is 26.5 Å². The van der Waals surface area contributed by atoms with E-state index >= 15 is 0 Å². The molecule has 0 aliphatic rings. The zero-order valence-corrected chi connectivity index (χ0v) is 11.6. The Morgan fingerprint density at radius 3 is 2.56 bits per heavy atom. The standard InChI is InChI=1S/C12H14N3O2.BrH/c1-2-7-13-8-9-14(10-13)11-3-5-12(6-4-11)15(16)17;/h3-6,8-10H,2,7H2,1H3;1H/q+1;/p-1. The number of hydrogen-bond donors (Lipinski definition) is 0. The Morgan fingerprint density at radius 2 is 2.00 bits per heavy atom. The molecule has 0 aliphatic carbocycles. The van der Waals surface area contributed by atoms with Crippen molar-refractivity contribution in [1.29, 1.82) is 0 Å². The average Bonchev–Trinajstić information content (AvgIpc) is 2.78. The van der Waals surface area contributed by atoms with Crippen LogP contribution in [0.5, 0.6) is 0 Å². The molecule has 0 radical (unpaired) electrons. The summed E-state index contributed by atoms with van der Waals surface area (Å²) in [5.74, 6) is 0. The summed E-state index contributed by atoms with van der Waals surface area (Å²) < 4.78 is 4.03. The zero-order valence-electron chi connectivity index (χ0n) is 9.99. The predicted molar refractivity (Wildman–Crippen MR) is 62.9 cm³/mol. The van der Waals surface area contributed by atoms with Crippen molar-refractivity contribution in [2.75, 3.05) is 0 Å². The first-order chi connectivity index (χ1) is 8.20. The summed E-state index contributed by atoms with van der Waals surface area (Å²) >= 11 is 0. The topological polar surface area (TPSA) is 52.0 Å². The van der Waals surface area contributed by atoms with Crippen molar-refractivity contribution in [2.45, 2.75) is 19.9 Å². The van der Waals surface area contributed by atoms with Crippen LogP contribution in [0.1, 0.15) is 13.3 Å². The van der Waals surface area contributed by atoms with Gasteiger partial charge in [-0.2, -0.15) is 0 Å². The van der Waals surface area contributed by atoms with E-state index in [9.17, 15) is 10.1 Å². The van der Waals surface area contributed by atoms with E-state index in [1.807, 2.05) is 23.3 Å². The number of nitrogens with zero attached hydrogens (tertiary/aromatic N) is 3. The van der Waals surface area contributed by atoms with Crippen LogP contribution in [0.25, 0.3) is 5.69 Å². The number of halogens is 1. The molecular weight excluding hydrogens is 298 g/mol. The van der Waals surface area contributed by atoms with Crippen LogP contribution in [0.15, 0.2) is 43.0 Å². The first-order valence-corrected chi connectivity index (χ1v) is 5.52. The Labute approximate surface area is 116 Å². The molecule has 0 saturated carbocycles. The largest absolute Gasteiger partial charge is 1.00 e. The lowest BCUT2D eigenvalue weighted by Crippen LogP contribution is -3.00. The van der Waals surface area contributed by atoms with Crippen molar-refractivity contribution in [3.05, 3.63) is 53.1 Å². The summed E-state index contributed by atoms with van der Waals surface area (Å²) in [5, 5.41) is 10.5. The third kappa shape index (κ3) is 3.16. The first-order valence-electron chi connectivity index (χ1n) is 5.52. The van der Waals surface area contributed by atoms with Gasteiger partial charge < -0.3 is 17.0 Å². The molecule has 6 heteroatoms. The fourth-order valence-electron chi connectivity index (χ4n) is 1.68. The van der Waals surface area contributed by atoms with Gasteiger partial charge in [-0.25, -0.2) is 9.13 Å². The molecule has 96 valence electrons. The van der Waals surface area contributed by atoms with E-state index in [-0.39, 0.29) is 22.7 Å². The van der Waals surface area contributed by atoms with Gasteiger partial charge in [0.2, 0.25) is 6.33 Å². The minimum atomic E-state index is -0.392. The van der Waals surface area contributed by atoms with E-state index < -0.39 is 4.92 Å². The summed E-state index contributed by atoms with van der Waals surface area (Å²) in [4.78, 5) is 10.1. The van der Waals surface area contributed by atoms with Gasteiger partial charge in [-0.15, -0.1) is 0 Å². The summed E-state index contributed by atoms with van der Waals surface area (Å²) in [7, 11) is 0. The van der Waals surface area contributed by atoms with E-state index in [0.29, 0.717) is 0 Å². The number of benzene rings is 1. The van der Waals surface area contributed by atoms with E-state index in [1.54, 1.807) is 12.1 Å². The lowest BCUT2D eigenvalue weighted by Gasteiger charge is -1.95. The number of aromatic nitrogens is 2. The van der Waals surface area contributed by atoms with E-state index in [2.05, 4.69) is 11.5 Å². The van der Waals surface area contributed by atoms with Gasteiger partial charge in [-0.05, 0) is 18.6 Å². The quantitative estimate of drug-likeness (QED) is 0.417. The second kappa shape index (κ2) is 6.30. The molecule has 18 heavy (non-hydrogen) atoms. The molecule has 5 nitrogen and oxygen atoms in total. The summed E-state index contributed by atoms with van der Waals surface area (Å²) in [5.41, 5.74) is 1.03. The number of hydrogen-bond acceptors (Lipinski definition) is 2. The van der Waals surface area contributed by atoms with Crippen molar-refractivity contribution >= 4 is 5.69 Å². The number of non-ortho nitro benzene ring substituents is 1. The van der Waals surface area contributed by atoms with Gasteiger partial charge in [0, 0.05) is 12.1 Å². The fraction of sp³-hybridized carbons (Fsp3) is 0.250. The van der Waals surface area contributed by atoms with Crippen molar-refractivity contribution in [2.24, 2.45) is 0 Å². The molecule has 1 aromatic heterocycles. The van der Waals surface area contributed by atoms with Gasteiger partial charge in [0.15, 0.2) is 0 Å². The fourth-order valence-corrected chi connectivity index (χ4v) is 1.68. The molecule has 0 fully saturated rings. The summed E-state index contributed by atoms with van der Waals surface area (Å²) in [6.45, 7) is 3.09. The molecule has 0 spiro atoms. The minimum Gasteiger partial charge on any atom is -1.00 e. The lowest BCUT2D eigenvalue weighted by atomic mass is 10.3. The van der Waals surface area contributed by atoms with E-state index in [1.165, 1.54) is 12.1 Å². The highest BCUT2D eigenvalue weighted by atomic mass is 79.9. The highest BCUT2D eigenvalue weighted by Gasteiger charge is 2.09. The molecule has 0 amide bonds. The Hall–Kier alpha value is -1.69. The number of aryl methyl sites for hydroxylation is 1. The summed E-state index contributed by atoms with van der Waals surface area (Å²) in [6.07, 6.45) is 6.99. The van der Waals surface area contributed by atoms with Crippen LogP contribution in [-0.4, -0.2) is 9.49 Å². The van der Waals surface area contributed by atoms with Crippen LogP contribution in [-0.2, 0) is 6.54 Å². The maximum Gasteiger partial charge on any atom is 0.269 e. The molecule has 0 saturated heterocycles. The van der Waals surface area contributed by atoms with Gasteiger partial charge >= 0.3 is 0 Å². The van der Waals surface area contributed by atoms with Gasteiger partial charge in [0.25, 0.3) is 5.69 Å². The van der Waals surface area contributed by atoms with Crippen LogP contribution < -0.4 is 21.5 Å². The number of nitro benzene ring substituents is 1. The van der Waals surface area contributed by atoms with Crippen LogP contribution in [0.3, 0.4) is 0 Å². The number of nitro groups is 1. The highest BCUT2D eigenvalue weighted by molar-refractivity contribution is 5.40. The molecule has 0 unspecified atom stereocenters. The SMILES string of the molecule is CCC[n+]1ccn(-c2ccc([N+](=O)[O-])cc2)c1.[Br-]. The van der Waals surface area contributed by atoms with E-state index in [4.69, 9.17) is 0 Å². The second-order valence-electron chi connectivity index (χ2n) is 3.83. The second-order valence-corrected chi connectivity index (χ2v) is 3.83. The Bertz CT molecular complexity index is 522. The minimum absolute atomic E-state index is 0.